The molecule has 0 atom stereocenters. The summed E-state index contributed by atoms with van der Waals surface area (Å²) in [7, 11) is 0. The number of rotatable bonds is 3. The molecule has 2 rings (SSSR count). The molecule has 0 radical (unpaired) electrons. The van der Waals surface area contributed by atoms with E-state index >= 15 is 0 Å². The van der Waals surface area contributed by atoms with Gasteiger partial charge < -0.3 is 5.32 Å². The summed E-state index contributed by atoms with van der Waals surface area (Å²) in [6.07, 6.45) is 3.03. The Morgan fingerprint density at radius 2 is 1.71 bits per heavy atom. The smallest absolute Gasteiger partial charge is 0.250 e. The molecule has 1 amide bonds. The van der Waals surface area contributed by atoms with Gasteiger partial charge in [-0.15, -0.1) is 0 Å². The zero-order valence-electron chi connectivity index (χ0n) is 11.0. The van der Waals surface area contributed by atoms with Crippen molar-refractivity contribution in [2.75, 3.05) is 5.32 Å². The Kier molecular flexibility index (Phi) is 5.17. The summed E-state index contributed by atoms with van der Waals surface area (Å²) < 4.78 is 13.4. The molecule has 0 fully saturated rings. The third-order valence-electron chi connectivity index (χ3n) is 2.59. The number of hydrogen-bond acceptors (Lipinski definition) is 2. The van der Waals surface area contributed by atoms with Gasteiger partial charge in [0.2, 0.25) is 5.91 Å². The lowest BCUT2D eigenvalue weighted by molar-refractivity contribution is -0.115. The highest BCUT2D eigenvalue weighted by atomic mass is 32.1. The van der Waals surface area contributed by atoms with Gasteiger partial charge in [0.1, 0.15) is 5.82 Å². The predicted octanol–water partition coefficient (Wildman–Crippen LogP) is 3.35. The van der Waals surface area contributed by atoms with Crippen LogP contribution < -0.4 is 10.6 Å². The molecule has 2 aromatic carbocycles. The first-order valence-electron chi connectivity index (χ1n) is 6.25. The van der Waals surface area contributed by atoms with Crippen LogP contribution in [0.15, 0.2) is 60.7 Å². The Labute approximate surface area is 127 Å². The van der Waals surface area contributed by atoms with Crippen molar-refractivity contribution in [2.45, 2.75) is 0 Å². The Morgan fingerprint density at radius 1 is 1.05 bits per heavy atom. The van der Waals surface area contributed by atoms with Gasteiger partial charge in [0.05, 0.1) is 5.69 Å². The number of carbonyl (C=O) groups is 1. The van der Waals surface area contributed by atoms with E-state index in [1.165, 1.54) is 18.2 Å². The van der Waals surface area contributed by atoms with E-state index in [1.807, 2.05) is 30.3 Å². The first-order chi connectivity index (χ1) is 10.1. The van der Waals surface area contributed by atoms with Crippen molar-refractivity contribution in [3.8, 4) is 0 Å². The molecule has 0 aliphatic rings. The Hall–Kier alpha value is -2.53. The SMILES string of the molecule is O=C(/C=C/c1ccccc1)NC(=S)Nc1ccccc1F. The first kappa shape index (κ1) is 14.9. The number of nitrogens with one attached hydrogen (secondary N) is 2. The summed E-state index contributed by atoms with van der Waals surface area (Å²) in [4.78, 5) is 11.7. The molecule has 0 heterocycles. The van der Waals surface area contributed by atoms with Crippen LogP contribution in [0.5, 0.6) is 0 Å². The summed E-state index contributed by atoms with van der Waals surface area (Å²) in [5, 5.41) is 5.13. The second kappa shape index (κ2) is 7.31. The number of para-hydroxylation sites is 1. The van der Waals surface area contributed by atoms with Crippen LogP contribution in [-0.4, -0.2) is 11.0 Å². The van der Waals surface area contributed by atoms with Gasteiger partial charge in [-0.1, -0.05) is 42.5 Å². The number of carbonyl (C=O) groups excluding carboxylic acids is 1. The van der Waals surface area contributed by atoms with Gasteiger partial charge in [0.25, 0.3) is 0 Å². The maximum Gasteiger partial charge on any atom is 0.250 e. The maximum absolute atomic E-state index is 13.4. The Balaban J connectivity index is 1.90. The van der Waals surface area contributed by atoms with E-state index in [2.05, 4.69) is 10.6 Å². The number of hydrogen-bond donors (Lipinski definition) is 2. The van der Waals surface area contributed by atoms with Gasteiger partial charge in [-0.3, -0.25) is 10.1 Å². The van der Waals surface area contributed by atoms with Crippen molar-refractivity contribution in [3.63, 3.8) is 0 Å². The minimum absolute atomic E-state index is 0.0443. The molecule has 0 saturated carbocycles. The molecule has 0 bridgehead atoms. The number of anilines is 1. The van der Waals surface area contributed by atoms with Gasteiger partial charge in [-0.25, -0.2) is 4.39 Å². The summed E-state index contributed by atoms with van der Waals surface area (Å²) in [6.45, 7) is 0. The van der Waals surface area contributed by atoms with Gasteiger partial charge >= 0.3 is 0 Å². The lowest BCUT2D eigenvalue weighted by Crippen LogP contribution is -2.33. The third-order valence-corrected chi connectivity index (χ3v) is 2.79. The highest BCUT2D eigenvalue weighted by molar-refractivity contribution is 7.80. The molecule has 0 aromatic heterocycles. The van der Waals surface area contributed by atoms with Crippen LogP contribution in [0.3, 0.4) is 0 Å². The topological polar surface area (TPSA) is 41.1 Å². The number of amides is 1. The lowest BCUT2D eigenvalue weighted by Gasteiger charge is -2.08. The number of halogens is 1. The van der Waals surface area contributed by atoms with E-state index in [0.29, 0.717) is 0 Å². The predicted molar refractivity (Wildman–Crippen MR) is 86.2 cm³/mol. The normalized spacial score (nSPS) is 10.3. The van der Waals surface area contributed by atoms with E-state index < -0.39 is 5.82 Å². The summed E-state index contributed by atoms with van der Waals surface area (Å²) >= 11 is 4.96. The highest BCUT2D eigenvalue weighted by Gasteiger charge is 2.04. The second-order valence-electron chi connectivity index (χ2n) is 4.17. The molecule has 0 aliphatic heterocycles. The van der Waals surface area contributed by atoms with Gasteiger partial charge in [0.15, 0.2) is 5.11 Å². The monoisotopic (exact) mass is 300 g/mol. The average Bonchev–Trinajstić information content (AvgIpc) is 2.48. The zero-order chi connectivity index (χ0) is 15.1. The summed E-state index contributed by atoms with van der Waals surface area (Å²) in [5.74, 6) is -0.818. The molecule has 0 spiro atoms. The Bertz CT molecular complexity index is 671. The molecular weight excluding hydrogens is 287 g/mol. The largest absolute Gasteiger partial charge is 0.330 e. The van der Waals surface area contributed by atoms with Crippen molar-refractivity contribution in [3.05, 3.63) is 72.1 Å². The number of thiocarbonyl (C=S) groups is 1. The minimum Gasteiger partial charge on any atom is -0.330 e. The van der Waals surface area contributed by atoms with Gasteiger partial charge in [0, 0.05) is 6.08 Å². The molecular formula is C16H13FN2OS. The molecule has 21 heavy (non-hydrogen) atoms. The molecule has 106 valence electrons. The van der Waals surface area contributed by atoms with Crippen LogP contribution in [0.1, 0.15) is 5.56 Å². The minimum atomic E-state index is -0.436. The maximum atomic E-state index is 13.4. The molecule has 5 heteroatoms. The second-order valence-corrected chi connectivity index (χ2v) is 4.58. The molecule has 0 saturated heterocycles. The van der Waals surface area contributed by atoms with Crippen LogP contribution in [-0.2, 0) is 4.79 Å². The average molecular weight is 300 g/mol. The van der Waals surface area contributed by atoms with E-state index in [1.54, 1.807) is 18.2 Å². The van der Waals surface area contributed by atoms with Crippen LogP contribution in [0.25, 0.3) is 6.08 Å². The van der Waals surface area contributed by atoms with Crippen molar-refractivity contribution in [2.24, 2.45) is 0 Å². The molecule has 2 N–H and O–H groups in total. The van der Waals surface area contributed by atoms with Crippen molar-refractivity contribution < 1.29 is 9.18 Å². The summed E-state index contributed by atoms with van der Waals surface area (Å²) in [6, 6.07) is 15.5. The van der Waals surface area contributed by atoms with Gasteiger partial charge in [-0.05, 0) is 36.0 Å². The molecule has 2 aromatic rings. The fourth-order valence-electron chi connectivity index (χ4n) is 1.61. The van der Waals surface area contributed by atoms with E-state index in [9.17, 15) is 9.18 Å². The van der Waals surface area contributed by atoms with Gasteiger partial charge in [-0.2, -0.15) is 0 Å². The van der Waals surface area contributed by atoms with Crippen LogP contribution in [0.4, 0.5) is 10.1 Å². The highest BCUT2D eigenvalue weighted by Crippen LogP contribution is 2.11. The van der Waals surface area contributed by atoms with Crippen LogP contribution in [0, 0.1) is 5.82 Å². The van der Waals surface area contributed by atoms with Crippen molar-refractivity contribution >= 4 is 35.0 Å². The quantitative estimate of drug-likeness (QED) is 0.674. The van der Waals surface area contributed by atoms with Crippen molar-refractivity contribution in [1.29, 1.82) is 0 Å². The van der Waals surface area contributed by atoms with Crippen LogP contribution >= 0.6 is 12.2 Å². The molecule has 0 aliphatic carbocycles. The fourth-order valence-corrected chi connectivity index (χ4v) is 1.82. The van der Waals surface area contributed by atoms with E-state index in [-0.39, 0.29) is 16.7 Å². The summed E-state index contributed by atoms with van der Waals surface area (Å²) in [5.41, 5.74) is 1.12. The molecule has 0 unspecified atom stereocenters. The zero-order valence-corrected chi connectivity index (χ0v) is 11.9. The Morgan fingerprint density at radius 3 is 2.43 bits per heavy atom. The van der Waals surface area contributed by atoms with E-state index in [4.69, 9.17) is 12.2 Å². The van der Waals surface area contributed by atoms with Crippen LogP contribution in [0.2, 0.25) is 0 Å². The lowest BCUT2D eigenvalue weighted by atomic mass is 10.2. The molecule has 3 nitrogen and oxygen atoms in total. The fraction of sp³-hybridized carbons (Fsp3) is 0. The van der Waals surface area contributed by atoms with E-state index in [0.717, 1.165) is 5.56 Å². The number of benzene rings is 2. The standard InChI is InChI=1S/C16H13FN2OS/c17-13-8-4-5-9-14(13)18-16(21)19-15(20)11-10-12-6-2-1-3-7-12/h1-11H,(H2,18,19,20,21)/b11-10+. The third kappa shape index (κ3) is 4.81. The first-order valence-corrected chi connectivity index (χ1v) is 6.65. The van der Waals surface area contributed by atoms with Crippen molar-refractivity contribution in [1.82, 2.24) is 5.32 Å².